The summed E-state index contributed by atoms with van der Waals surface area (Å²) in [6.45, 7) is 0. The first-order valence-electron chi connectivity index (χ1n) is 0. The first kappa shape index (κ1) is 54.4. The van der Waals surface area contributed by atoms with E-state index in [0.29, 0.717) is 0 Å². The zero-order chi connectivity index (χ0) is 0. The maximum Gasteiger partial charge on any atom is 1.00 e. The number of hydrogen-bond donors (Lipinski definition) is 0. The summed E-state index contributed by atoms with van der Waals surface area (Å²) in [5.74, 6) is 0. The third-order valence-electron chi connectivity index (χ3n) is 0. The van der Waals surface area contributed by atoms with Gasteiger partial charge in [-0.05, 0) is 0 Å². The third kappa shape index (κ3) is 25.4. The van der Waals surface area contributed by atoms with E-state index >= 15 is 0 Å². The standard InChI is InChI=1S/K.Li.Nb.2H2O.Ta/h;;;2*1H2;/q2*+1;;;;/p-2. The van der Waals surface area contributed by atoms with Crippen LogP contribution < -0.4 is 70.2 Å². The van der Waals surface area contributed by atoms with Gasteiger partial charge in [0.05, 0.1) is 0 Å². The van der Waals surface area contributed by atoms with Crippen molar-refractivity contribution in [3.8, 4) is 0 Å². The maximum absolute atomic E-state index is 0. The van der Waals surface area contributed by atoms with Crippen molar-refractivity contribution in [1.29, 1.82) is 0 Å². The van der Waals surface area contributed by atoms with Crippen LogP contribution in [0, 0.1) is 0 Å². The molecule has 0 aromatic carbocycles. The minimum atomic E-state index is 0. The normalized spacial score (nSPS) is 0. The Bertz CT molecular complexity index is 13.5. The van der Waals surface area contributed by atoms with Crippen LogP contribution in [0.25, 0.3) is 0 Å². The molecule has 0 aromatic heterocycles. The van der Waals surface area contributed by atoms with Crippen molar-refractivity contribution in [1.82, 2.24) is 0 Å². The van der Waals surface area contributed by atoms with Gasteiger partial charge >= 0.3 is 70.2 Å². The average Bonchev–Trinajstić information content (AvgIpc) is 0. The fourth-order valence-electron chi connectivity index (χ4n) is 0. The van der Waals surface area contributed by atoms with E-state index in [2.05, 4.69) is 0 Å². The summed E-state index contributed by atoms with van der Waals surface area (Å²) in [6.07, 6.45) is 0. The molecule has 6 heteroatoms. The van der Waals surface area contributed by atoms with E-state index in [1.165, 1.54) is 0 Å². The molecule has 0 aliphatic carbocycles. The zero-order valence-corrected chi connectivity index (χ0v) is 12.3. The molecule has 0 heterocycles. The Labute approximate surface area is 123 Å². The largest absolute Gasteiger partial charge is 1.00 e. The fraction of sp³-hybridized carbons (Fsp3) is 0. The number of rotatable bonds is 0. The van der Waals surface area contributed by atoms with Crippen LogP contribution in [0.1, 0.15) is 0 Å². The molecular weight excluding hydrogens is 352 g/mol. The molecule has 0 rings (SSSR count). The maximum atomic E-state index is 0. The minimum Gasteiger partial charge on any atom is -0.870 e. The molecule has 0 aliphatic heterocycles. The molecule has 0 bridgehead atoms. The summed E-state index contributed by atoms with van der Waals surface area (Å²) in [5, 5.41) is 0. The van der Waals surface area contributed by atoms with E-state index in [9.17, 15) is 0 Å². The summed E-state index contributed by atoms with van der Waals surface area (Å²) in [4.78, 5) is 0. The Morgan fingerprint density at radius 3 is 0.833 bits per heavy atom. The first-order chi connectivity index (χ1) is 0. The van der Waals surface area contributed by atoms with Crippen LogP contribution in [0.15, 0.2) is 0 Å². The summed E-state index contributed by atoms with van der Waals surface area (Å²) in [6, 6.07) is 0. The second kappa shape index (κ2) is 38.1. The second-order valence-electron chi connectivity index (χ2n) is 0. The monoisotopic (exact) mass is 354 g/mol. The van der Waals surface area contributed by atoms with Crippen LogP contribution in [0.4, 0.5) is 0 Å². The SMILES string of the molecule is [K+].[Li+].[Nb].[OH-].[OH-].[Ta]. The van der Waals surface area contributed by atoms with Gasteiger partial charge in [0.1, 0.15) is 0 Å². The second-order valence-corrected chi connectivity index (χ2v) is 0. The molecule has 26 valence electrons. The Kier molecular flexibility index (Phi) is 345. The Hall–Kier alpha value is 3.63. The molecular formula is H2KLiNbO2Ta. The van der Waals surface area contributed by atoms with Gasteiger partial charge in [0.25, 0.3) is 0 Å². The smallest absolute Gasteiger partial charge is 0.870 e. The van der Waals surface area contributed by atoms with Crippen molar-refractivity contribution in [2.75, 3.05) is 0 Å². The molecule has 0 spiro atoms. The molecule has 2 N–H and O–H groups in total. The van der Waals surface area contributed by atoms with E-state index in [1.54, 1.807) is 0 Å². The van der Waals surface area contributed by atoms with Crippen molar-refractivity contribution in [2.45, 2.75) is 0 Å². The van der Waals surface area contributed by atoms with Crippen LogP contribution in [-0.2, 0) is 44.8 Å². The molecule has 2 radical (unpaired) electrons. The molecule has 0 aliphatic rings. The average molecular weight is 354 g/mol. The van der Waals surface area contributed by atoms with E-state index in [-0.39, 0.29) is 126 Å². The quantitative estimate of drug-likeness (QED) is 0.407. The summed E-state index contributed by atoms with van der Waals surface area (Å²) >= 11 is 0. The Balaban J connectivity index is 0. The van der Waals surface area contributed by atoms with Gasteiger partial charge in [0.15, 0.2) is 0 Å². The molecule has 0 aromatic rings. The van der Waals surface area contributed by atoms with E-state index in [4.69, 9.17) is 0 Å². The van der Waals surface area contributed by atoms with Crippen LogP contribution in [-0.4, -0.2) is 11.0 Å². The predicted molar refractivity (Wildman–Crippen MR) is 3.87 cm³/mol. The van der Waals surface area contributed by atoms with Gasteiger partial charge in [-0.2, -0.15) is 0 Å². The van der Waals surface area contributed by atoms with Gasteiger partial charge in [-0.1, -0.05) is 0 Å². The first-order valence-corrected chi connectivity index (χ1v) is 0. The van der Waals surface area contributed by atoms with Crippen molar-refractivity contribution >= 4 is 0 Å². The van der Waals surface area contributed by atoms with Gasteiger partial charge in [0, 0.05) is 44.8 Å². The van der Waals surface area contributed by atoms with Gasteiger partial charge in [0.2, 0.25) is 0 Å². The molecule has 0 amide bonds. The van der Waals surface area contributed by atoms with Crippen molar-refractivity contribution < 1.29 is 126 Å². The van der Waals surface area contributed by atoms with Gasteiger partial charge in [-0.15, -0.1) is 0 Å². The summed E-state index contributed by atoms with van der Waals surface area (Å²) < 4.78 is 0. The Morgan fingerprint density at radius 2 is 0.833 bits per heavy atom. The van der Waals surface area contributed by atoms with E-state index in [1.807, 2.05) is 0 Å². The van der Waals surface area contributed by atoms with Crippen molar-refractivity contribution in [2.24, 2.45) is 0 Å². The molecule has 0 unspecified atom stereocenters. The fourth-order valence-corrected chi connectivity index (χ4v) is 0. The zero-order valence-electron chi connectivity index (χ0n) is 3.79. The van der Waals surface area contributed by atoms with Crippen molar-refractivity contribution in [3.05, 3.63) is 0 Å². The van der Waals surface area contributed by atoms with Crippen LogP contribution in [0.3, 0.4) is 0 Å². The summed E-state index contributed by atoms with van der Waals surface area (Å²) in [5.41, 5.74) is 0. The molecule has 2 nitrogen and oxygen atoms in total. The molecule has 0 saturated carbocycles. The van der Waals surface area contributed by atoms with Crippen molar-refractivity contribution in [3.63, 3.8) is 0 Å². The van der Waals surface area contributed by atoms with Crippen LogP contribution in [0.5, 0.6) is 0 Å². The van der Waals surface area contributed by atoms with E-state index in [0.717, 1.165) is 0 Å². The molecule has 6 heavy (non-hydrogen) atoms. The summed E-state index contributed by atoms with van der Waals surface area (Å²) in [7, 11) is 0. The molecule has 0 saturated heterocycles. The van der Waals surface area contributed by atoms with Crippen LogP contribution >= 0.6 is 0 Å². The minimum absolute atomic E-state index is 0. The molecule has 0 atom stereocenters. The van der Waals surface area contributed by atoms with Crippen LogP contribution in [0.2, 0.25) is 0 Å². The van der Waals surface area contributed by atoms with E-state index < -0.39 is 0 Å². The third-order valence-corrected chi connectivity index (χ3v) is 0. The molecule has 0 fully saturated rings. The van der Waals surface area contributed by atoms with Gasteiger partial charge in [-0.25, -0.2) is 0 Å². The van der Waals surface area contributed by atoms with Gasteiger partial charge in [-0.3, -0.25) is 0 Å². The van der Waals surface area contributed by atoms with Gasteiger partial charge < -0.3 is 11.0 Å². The Morgan fingerprint density at radius 1 is 0.833 bits per heavy atom. The number of hydrogen-bond acceptors (Lipinski definition) is 2. The predicted octanol–water partition coefficient (Wildman–Crippen LogP) is -6.35. The topological polar surface area (TPSA) is 60.0 Å².